The zero-order valence-electron chi connectivity index (χ0n) is 13.5. The number of aliphatic carboxylic acids is 1. The number of halogens is 4. The molecular formula is C16H17F4N3O3. The molecule has 0 aliphatic carbocycles. The van der Waals surface area contributed by atoms with Gasteiger partial charge in [-0.15, -0.1) is 0 Å². The molecule has 1 aliphatic rings. The second-order valence-electron chi connectivity index (χ2n) is 5.58. The van der Waals surface area contributed by atoms with Crippen LogP contribution in [0.1, 0.15) is 18.0 Å². The van der Waals surface area contributed by atoms with Crippen LogP contribution in [0.5, 0.6) is 0 Å². The van der Waals surface area contributed by atoms with Gasteiger partial charge >= 0.3 is 12.1 Å². The van der Waals surface area contributed by atoms with Crippen molar-refractivity contribution in [2.75, 3.05) is 13.2 Å². The maximum Gasteiger partial charge on any atom is 0.490 e. The van der Waals surface area contributed by atoms with Crippen molar-refractivity contribution in [2.24, 2.45) is 5.73 Å². The van der Waals surface area contributed by atoms with Crippen molar-refractivity contribution < 1.29 is 32.2 Å². The number of rotatable bonds is 3. The number of carboxylic acids is 1. The fourth-order valence-electron chi connectivity index (χ4n) is 2.35. The van der Waals surface area contributed by atoms with Crippen LogP contribution in [0.25, 0.3) is 11.1 Å². The molecule has 1 atom stereocenters. The Morgan fingerprint density at radius 3 is 2.58 bits per heavy atom. The van der Waals surface area contributed by atoms with Crippen LogP contribution < -0.4 is 5.73 Å². The van der Waals surface area contributed by atoms with Gasteiger partial charge in [0.25, 0.3) is 0 Å². The molecule has 3 N–H and O–H groups in total. The molecule has 10 heteroatoms. The summed E-state index contributed by atoms with van der Waals surface area (Å²) in [5.74, 6) is -3.03. The Morgan fingerprint density at radius 1 is 1.35 bits per heavy atom. The predicted molar refractivity (Wildman–Crippen MR) is 83.7 cm³/mol. The van der Waals surface area contributed by atoms with Crippen LogP contribution in [0.3, 0.4) is 0 Å². The van der Waals surface area contributed by atoms with E-state index in [-0.39, 0.29) is 11.9 Å². The zero-order chi connectivity index (χ0) is 19.3. The van der Waals surface area contributed by atoms with E-state index < -0.39 is 12.1 Å². The molecule has 2 aromatic rings. The van der Waals surface area contributed by atoms with Gasteiger partial charge in [-0.05, 0) is 35.7 Å². The Balaban J connectivity index is 0.000000298. The normalized spacial score (nSPS) is 16.9. The Labute approximate surface area is 146 Å². The number of hydrogen-bond donors (Lipinski definition) is 2. The van der Waals surface area contributed by atoms with Crippen molar-refractivity contribution in [3.63, 3.8) is 0 Å². The van der Waals surface area contributed by atoms with Crippen LogP contribution in [-0.4, -0.2) is 40.2 Å². The van der Waals surface area contributed by atoms with Gasteiger partial charge in [0.1, 0.15) is 5.82 Å². The first kappa shape index (κ1) is 19.9. The SMILES string of the molecule is NCc1cc(F)cc(-c2cnn(C3CCOC3)c2)c1.O=C(O)C(F)(F)F. The molecule has 1 aromatic heterocycles. The molecule has 6 nitrogen and oxygen atoms in total. The van der Waals surface area contributed by atoms with E-state index in [1.807, 2.05) is 16.9 Å². The second-order valence-corrected chi connectivity index (χ2v) is 5.58. The largest absolute Gasteiger partial charge is 0.490 e. The average Bonchev–Trinajstić information content (AvgIpc) is 3.25. The van der Waals surface area contributed by atoms with E-state index in [1.54, 1.807) is 6.20 Å². The number of hydrogen-bond acceptors (Lipinski definition) is 4. The van der Waals surface area contributed by atoms with Gasteiger partial charge < -0.3 is 15.6 Å². The van der Waals surface area contributed by atoms with Crippen molar-refractivity contribution in [3.05, 3.63) is 42.0 Å². The fourth-order valence-corrected chi connectivity index (χ4v) is 2.35. The lowest BCUT2D eigenvalue weighted by Gasteiger charge is -2.07. The number of benzene rings is 1. The number of ether oxygens (including phenoxy) is 1. The summed E-state index contributed by atoms with van der Waals surface area (Å²) in [6.07, 6.45) is -0.417. The standard InChI is InChI=1S/C14H16FN3O.C2HF3O2/c15-13-4-10(6-16)3-11(5-13)12-7-17-18(8-12)14-1-2-19-9-14;3-2(4,5)1(6)7/h3-5,7-8,14H,1-2,6,9,16H2;(H,6,7). The van der Waals surface area contributed by atoms with E-state index >= 15 is 0 Å². The lowest BCUT2D eigenvalue weighted by molar-refractivity contribution is -0.192. The van der Waals surface area contributed by atoms with Gasteiger partial charge in [0, 0.05) is 24.9 Å². The number of nitrogens with zero attached hydrogens (tertiary/aromatic N) is 2. The molecule has 0 saturated carbocycles. The van der Waals surface area contributed by atoms with Gasteiger partial charge in [-0.1, -0.05) is 0 Å². The smallest absolute Gasteiger partial charge is 0.475 e. The zero-order valence-corrected chi connectivity index (χ0v) is 13.5. The summed E-state index contributed by atoms with van der Waals surface area (Å²) in [6.45, 7) is 1.80. The average molecular weight is 375 g/mol. The topological polar surface area (TPSA) is 90.4 Å². The minimum atomic E-state index is -5.08. The lowest BCUT2D eigenvalue weighted by Crippen LogP contribution is -2.21. The third-order valence-corrected chi connectivity index (χ3v) is 3.65. The van der Waals surface area contributed by atoms with Crippen molar-refractivity contribution >= 4 is 5.97 Å². The lowest BCUT2D eigenvalue weighted by atomic mass is 10.1. The Kier molecular flexibility index (Phi) is 6.32. The molecule has 0 radical (unpaired) electrons. The van der Waals surface area contributed by atoms with Crippen LogP contribution in [0, 0.1) is 5.82 Å². The van der Waals surface area contributed by atoms with E-state index in [4.69, 9.17) is 20.4 Å². The molecule has 1 unspecified atom stereocenters. The summed E-state index contributed by atoms with van der Waals surface area (Å²) in [6, 6.07) is 5.15. The molecular weight excluding hydrogens is 358 g/mol. The molecule has 0 bridgehead atoms. The molecule has 3 rings (SSSR count). The first-order valence-corrected chi connectivity index (χ1v) is 7.62. The highest BCUT2D eigenvalue weighted by atomic mass is 19.4. The molecule has 2 heterocycles. The highest BCUT2D eigenvalue weighted by Crippen LogP contribution is 2.25. The van der Waals surface area contributed by atoms with E-state index in [0.717, 1.165) is 29.7 Å². The van der Waals surface area contributed by atoms with Crippen LogP contribution >= 0.6 is 0 Å². The van der Waals surface area contributed by atoms with Crippen molar-refractivity contribution in [1.82, 2.24) is 9.78 Å². The van der Waals surface area contributed by atoms with Gasteiger partial charge in [-0.2, -0.15) is 18.3 Å². The summed E-state index contributed by atoms with van der Waals surface area (Å²) in [4.78, 5) is 8.90. The monoisotopic (exact) mass is 375 g/mol. The number of carboxylic acid groups (broad SMARTS) is 1. The van der Waals surface area contributed by atoms with Crippen molar-refractivity contribution in [2.45, 2.75) is 25.2 Å². The quantitative estimate of drug-likeness (QED) is 0.805. The summed E-state index contributed by atoms with van der Waals surface area (Å²) in [7, 11) is 0. The molecule has 1 fully saturated rings. The highest BCUT2D eigenvalue weighted by Gasteiger charge is 2.38. The van der Waals surface area contributed by atoms with Gasteiger partial charge in [0.15, 0.2) is 0 Å². The Morgan fingerprint density at radius 2 is 2.04 bits per heavy atom. The third-order valence-electron chi connectivity index (χ3n) is 3.65. The fraction of sp³-hybridized carbons (Fsp3) is 0.375. The highest BCUT2D eigenvalue weighted by molar-refractivity contribution is 5.73. The maximum absolute atomic E-state index is 13.5. The second kappa shape index (κ2) is 8.28. The van der Waals surface area contributed by atoms with E-state index in [0.29, 0.717) is 13.2 Å². The van der Waals surface area contributed by atoms with E-state index in [2.05, 4.69) is 5.10 Å². The van der Waals surface area contributed by atoms with Gasteiger partial charge in [-0.25, -0.2) is 9.18 Å². The molecule has 26 heavy (non-hydrogen) atoms. The number of carbonyl (C=O) groups is 1. The van der Waals surface area contributed by atoms with Crippen molar-refractivity contribution in [3.8, 4) is 11.1 Å². The van der Waals surface area contributed by atoms with Crippen LogP contribution in [0.4, 0.5) is 17.6 Å². The van der Waals surface area contributed by atoms with Crippen LogP contribution in [-0.2, 0) is 16.1 Å². The Hall–Kier alpha value is -2.46. The van der Waals surface area contributed by atoms with E-state index in [1.165, 1.54) is 12.1 Å². The number of nitrogens with two attached hydrogens (primary N) is 1. The predicted octanol–water partition coefficient (Wildman–Crippen LogP) is 2.74. The summed E-state index contributed by atoms with van der Waals surface area (Å²) in [5.41, 5.74) is 8.07. The molecule has 1 aromatic carbocycles. The number of alkyl halides is 3. The molecule has 1 saturated heterocycles. The summed E-state index contributed by atoms with van der Waals surface area (Å²) in [5, 5.41) is 11.5. The molecule has 1 aliphatic heterocycles. The molecule has 142 valence electrons. The first-order chi connectivity index (χ1) is 12.2. The minimum absolute atomic E-state index is 0.269. The van der Waals surface area contributed by atoms with Gasteiger partial charge in [0.2, 0.25) is 0 Å². The molecule has 0 amide bonds. The van der Waals surface area contributed by atoms with E-state index in [9.17, 15) is 17.6 Å². The van der Waals surface area contributed by atoms with Crippen LogP contribution in [0.15, 0.2) is 30.6 Å². The Bertz CT molecular complexity index is 755. The van der Waals surface area contributed by atoms with Gasteiger partial charge in [-0.3, -0.25) is 4.68 Å². The summed E-state index contributed by atoms with van der Waals surface area (Å²) >= 11 is 0. The first-order valence-electron chi connectivity index (χ1n) is 7.62. The minimum Gasteiger partial charge on any atom is -0.475 e. The van der Waals surface area contributed by atoms with Crippen molar-refractivity contribution in [1.29, 1.82) is 0 Å². The maximum atomic E-state index is 13.5. The summed E-state index contributed by atoms with van der Waals surface area (Å²) < 4.78 is 52.5. The van der Waals surface area contributed by atoms with Crippen LogP contribution in [0.2, 0.25) is 0 Å². The van der Waals surface area contributed by atoms with Gasteiger partial charge in [0.05, 0.1) is 18.8 Å². The number of aromatic nitrogens is 2. The third kappa shape index (κ3) is 5.27. The molecule has 0 spiro atoms.